The highest BCUT2D eigenvalue weighted by Crippen LogP contribution is 2.33. The van der Waals surface area contributed by atoms with Crippen molar-refractivity contribution in [2.45, 2.75) is 58.1 Å². The zero-order valence-corrected chi connectivity index (χ0v) is 24.7. The van der Waals surface area contributed by atoms with Gasteiger partial charge in [-0.15, -0.1) is 0 Å². The summed E-state index contributed by atoms with van der Waals surface area (Å²) in [7, 11) is -2.17. The Morgan fingerprint density at radius 3 is 2.48 bits per heavy atom. The Morgan fingerprint density at radius 1 is 1.10 bits per heavy atom. The summed E-state index contributed by atoms with van der Waals surface area (Å²) in [6.45, 7) is 9.76. The standard InChI is InChI=1S/C28H41N5O6S/c1-5-8-21-23(19-38-4)33(7-3)26-25(21)29-27(30-28(26)35)22-18-20(9-10-24(22)39-17-6-2)40(36,37)32-13-11-31(12-14-32)15-16-34/h9-10,18,34H,5-8,11-17,19H2,1-4H3,(H,29,30,35). The predicted octanol–water partition coefficient (Wildman–Crippen LogP) is 2.60. The Morgan fingerprint density at radius 2 is 1.85 bits per heavy atom. The zero-order chi connectivity index (χ0) is 28.9. The van der Waals surface area contributed by atoms with Gasteiger partial charge in [-0.3, -0.25) is 9.69 Å². The summed E-state index contributed by atoms with van der Waals surface area (Å²) in [6, 6.07) is 4.74. The van der Waals surface area contributed by atoms with Crippen LogP contribution in [0, 0.1) is 0 Å². The molecule has 0 saturated carbocycles. The number of benzene rings is 1. The van der Waals surface area contributed by atoms with Crippen LogP contribution in [0.3, 0.4) is 0 Å². The molecule has 11 nitrogen and oxygen atoms in total. The number of nitrogens with one attached hydrogen (secondary N) is 1. The molecular weight excluding hydrogens is 534 g/mol. The fourth-order valence-corrected chi connectivity index (χ4v) is 6.78. The molecule has 220 valence electrons. The summed E-state index contributed by atoms with van der Waals surface area (Å²) in [5, 5.41) is 9.21. The summed E-state index contributed by atoms with van der Waals surface area (Å²) in [5.74, 6) is 0.725. The minimum Gasteiger partial charge on any atom is -0.493 e. The Balaban J connectivity index is 1.84. The largest absolute Gasteiger partial charge is 0.493 e. The number of rotatable bonds is 13. The van der Waals surface area contributed by atoms with Crippen LogP contribution in [0.2, 0.25) is 0 Å². The van der Waals surface area contributed by atoms with Crippen molar-refractivity contribution in [3.63, 3.8) is 0 Å². The molecule has 1 saturated heterocycles. The molecule has 2 aromatic heterocycles. The number of piperazine rings is 1. The number of fused-ring (bicyclic) bond motifs is 1. The van der Waals surface area contributed by atoms with Gasteiger partial charge in [-0.1, -0.05) is 20.3 Å². The molecule has 0 atom stereocenters. The number of aromatic amines is 1. The van der Waals surface area contributed by atoms with Gasteiger partial charge < -0.3 is 24.1 Å². The third-order valence-electron chi connectivity index (χ3n) is 7.28. The van der Waals surface area contributed by atoms with E-state index in [2.05, 4.69) is 11.9 Å². The molecule has 1 fully saturated rings. The summed E-state index contributed by atoms with van der Waals surface area (Å²) in [4.78, 5) is 23.5. The Labute approximate surface area is 235 Å². The number of H-pyrrole nitrogens is 1. The SMILES string of the molecule is CCCOc1ccc(S(=O)(=O)N2CCN(CCO)CC2)cc1-c1nc2c(CCC)c(COC)n(CC)c2c(=O)[nH]1. The van der Waals surface area contributed by atoms with Crippen LogP contribution in [0.5, 0.6) is 5.75 Å². The number of sulfonamides is 1. The van der Waals surface area contributed by atoms with Crippen LogP contribution < -0.4 is 10.3 Å². The van der Waals surface area contributed by atoms with Crippen molar-refractivity contribution in [2.75, 3.05) is 53.0 Å². The lowest BCUT2D eigenvalue weighted by molar-refractivity contribution is 0.151. The van der Waals surface area contributed by atoms with E-state index in [0.29, 0.717) is 74.8 Å². The number of aryl methyl sites for hydroxylation is 2. The van der Waals surface area contributed by atoms with Crippen LogP contribution in [0.15, 0.2) is 27.9 Å². The van der Waals surface area contributed by atoms with Crippen molar-refractivity contribution >= 4 is 21.1 Å². The van der Waals surface area contributed by atoms with Gasteiger partial charge in [-0.05, 0) is 38.0 Å². The Hall–Kier alpha value is -2.77. The van der Waals surface area contributed by atoms with Gasteiger partial charge in [0.25, 0.3) is 5.56 Å². The molecule has 3 aromatic rings. The maximum absolute atomic E-state index is 13.6. The second-order valence-electron chi connectivity index (χ2n) is 9.94. The molecule has 2 N–H and O–H groups in total. The van der Waals surface area contributed by atoms with Crippen molar-refractivity contribution in [1.29, 1.82) is 0 Å². The number of aliphatic hydroxyl groups is 1. The third-order valence-corrected chi connectivity index (χ3v) is 9.17. The fraction of sp³-hybridized carbons (Fsp3) is 0.571. The molecule has 3 heterocycles. The maximum atomic E-state index is 13.6. The lowest BCUT2D eigenvalue weighted by Gasteiger charge is -2.33. The molecule has 1 aliphatic rings. The molecule has 1 aliphatic heterocycles. The lowest BCUT2D eigenvalue weighted by atomic mass is 10.1. The molecule has 4 rings (SSSR count). The van der Waals surface area contributed by atoms with E-state index >= 15 is 0 Å². The molecule has 0 amide bonds. The number of hydrogen-bond donors (Lipinski definition) is 2. The first kappa shape index (κ1) is 30.2. The van der Waals surface area contributed by atoms with Crippen LogP contribution in [0.1, 0.15) is 44.9 Å². The van der Waals surface area contributed by atoms with E-state index in [9.17, 15) is 18.3 Å². The highest BCUT2D eigenvalue weighted by Gasteiger charge is 2.30. The minimum atomic E-state index is -3.80. The number of β-amino-alcohol motifs (C(OH)–C–C–N with tert-alkyl or cyclic N) is 1. The molecule has 12 heteroatoms. The monoisotopic (exact) mass is 575 g/mol. The van der Waals surface area contributed by atoms with Gasteiger partial charge >= 0.3 is 0 Å². The summed E-state index contributed by atoms with van der Waals surface area (Å²) < 4.78 is 42.2. The number of aromatic nitrogens is 3. The molecule has 0 radical (unpaired) electrons. The van der Waals surface area contributed by atoms with Crippen LogP contribution in [0.4, 0.5) is 0 Å². The van der Waals surface area contributed by atoms with E-state index < -0.39 is 10.0 Å². The summed E-state index contributed by atoms with van der Waals surface area (Å²) >= 11 is 0. The third kappa shape index (κ3) is 5.96. The van der Waals surface area contributed by atoms with E-state index in [-0.39, 0.29) is 22.9 Å². The molecule has 0 bridgehead atoms. The molecular formula is C28H41N5O6S. The van der Waals surface area contributed by atoms with Crippen molar-refractivity contribution in [3.05, 3.63) is 39.8 Å². The quantitative estimate of drug-likeness (QED) is 0.318. The first-order chi connectivity index (χ1) is 19.3. The van der Waals surface area contributed by atoms with Gasteiger partial charge in [-0.2, -0.15) is 4.31 Å². The number of hydrogen-bond acceptors (Lipinski definition) is 8. The smallest absolute Gasteiger partial charge is 0.275 e. The van der Waals surface area contributed by atoms with Crippen molar-refractivity contribution in [2.24, 2.45) is 0 Å². The summed E-state index contributed by atoms with van der Waals surface area (Å²) in [5.41, 5.74) is 3.11. The van der Waals surface area contributed by atoms with Gasteiger partial charge in [0.1, 0.15) is 17.1 Å². The normalized spacial score (nSPS) is 15.2. The average molecular weight is 576 g/mol. The van der Waals surface area contributed by atoms with E-state index in [4.69, 9.17) is 14.5 Å². The van der Waals surface area contributed by atoms with Crippen molar-refractivity contribution < 1.29 is 23.0 Å². The second kappa shape index (κ2) is 13.3. The lowest BCUT2D eigenvalue weighted by Crippen LogP contribution is -2.49. The topological polar surface area (TPSA) is 130 Å². The molecule has 0 spiro atoms. The second-order valence-corrected chi connectivity index (χ2v) is 11.9. The van der Waals surface area contributed by atoms with Crippen molar-refractivity contribution in [1.82, 2.24) is 23.7 Å². The first-order valence-electron chi connectivity index (χ1n) is 14.0. The molecule has 40 heavy (non-hydrogen) atoms. The first-order valence-corrected chi connectivity index (χ1v) is 15.5. The Bertz CT molecular complexity index is 1470. The van der Waals surface area contributed by atoms with Crippen LogP contribution in [-0.2, 0) is 34.3 Å². The van der Waals surface area contributed by atoms with Crippen LogP contribution in [0.25, 0.3) is 22.4 Å². The predicted molar refractivity (Wildman–Crippen MR) is 154 cm³/mol. The van der Waals surface area contributed by atoms with E-state index in [0.717, 1.165) is 30.5 Å². The van der Waals surface area contributed by atoms with Gasteiger partial charge in [0.2, 0.25) is 10.0 Å². The number of nitrogens with zero attached hydrogens (tertiary/aromatic N) is 4. The highest BCUT2D eigenvalue weighted by atomic mass is 32.2. The van der Waals surface area contributed by atoms with Gasteiger partial charge in [0.15, 0.2) is 0 Å². The highest BCUT2D eigenvalue weighted by molar-refractivity contribution is 7.89. The molecule has 0 aliphatic carbocycles. The van der Waals surface area contributed by atoms with Gasteiger partial charge in [-0.25, -0.2) is 13.4 Å². The maximum Gasteiger partial charge on any atom is 0.275 e. The minimum absolute atomic E-state index is 0.0411. The number of methoxy groups -OCH3 is 1. The van der Waals surface area contributed by atoms with E-state index in [1.54, 1.807) is 25.3 Å². The molecule has 0 unspecified atom stereocenters. The zero-order valence-electron chi connectivity index (χ0n) is 23.9. The molecule has 1 aromatic carbocycles. The Kier molecular flexibility index (Phi) is 10.0. The average Bonchev–Trinajstić information content (AvgIpc) is 3.25. The number of ether oxygens (including phenoxy) is 2. The van der Waals surface area contributed by atoms with Gasteiger partial charge in [0, 0.05) is 57.6 Å². The van der Waals surface area contributed by atoms with Crippen LogP contribution in [-0.4, -0.2) is 90.3 Å². The summed E-state index contributed by atoms with van der Waals surface area (Å²) in [6.07, 6.45) is 2.36. The number of aliphatic hydroxyl groups excluding tert-OH is 1. The van der Waals surface area contributed by atoms with E-state index in [1.165, 1.54) is 4.31 Å². The van der Waals surface area contributed by atoms with Crippen LogP contribution >= 0.6 is 0 Å². The fourth-order valence-electron chi connectivity index (χ4n) is 5.33. The van der Waals surface area contributed by atoms with E-state index in [1.807, 2.05) is 23.3 Å². The van der Waals surface area contributed by atoms with Gasteiger partial charge in [0.05, 0.1) is 35.8 Å². The van der Waals surface area contributed by atoms with Crippen molar-refractivity contribution in [3.8, 4) is 17.1 Å².